The third kappa shape index (κ3) is 4.44. The Hall–Kier alpha value is -2.61. The fourth-order valence-corrected chi connectivity index (χ4v) is 4.20. The molecule has 0 saturated heterocycles. The number of para-hydroxylation sites is 1. The van der Waals surface area contributed by atoms with Crippen molar-refractivity contribution < 1.29 is 21.7 Å². The highest BCUT2D eigenvalue weighted by atomic mass is 32.2. The standard InChI is InChI=1S/C19H20FN3O4S/c1-3-13(27-28(2,24)25)11-15-14-6-4-5-7-17(14)26-18-9-8-12(20)10-16(18)19(15)22-23-21/h4-10,13,15,19H,3,11H2,1-2H3/t13-,15-,19+/m1/s1. The van der Waals surface area contributed by atoms with Gasteiger partial charge in [-0.25, -0.2) is 4.39 Å². The Labute approximate surface area is 162 Å². The zero-order valence-electron chi connectivity index (χ0n) is 15.4. The molecule has 0 unspecified atom stereocenters. The average Bonchev–Trinajstić information content (AvgIpc) is 2.76. The molecule has 0 N–H and O–H groups in total. The number of hydrogen-bond donors (Lipinski definition) is 0. The Morgan fingerprint density at radius 3 is 2.64 bits per heavy atom. The van der Waals surface area contributed by atoms with Gasteiger partial charge in [0, 0.05) is 16.4 Å². The van der Waals surface area contributed by atoms with E-state index in [9.17, 15) is 12.8 Å². The monoisotopic (exact) mass is 405 g/mol. The highest BCUT2D eigenvalue weighted by molar-refractivity contribution is 7.86. The number of halogens is 1. The Bertz CT molecular complexity index is 1020. The molecule has 2 aromatic rings. The van der Waals surface area contributed by atoms with Crippen LogP contribution in [0.3, 0.4) is 0 Å². The highest BCUT2D eigenvalue weighted by Crippen LogP contribution is 2.49. The summed E-state index contributed by atoms with van der Waals surface area (Å²) in [4.78, 5) is 2.95. The zero-order valence-corrected chi connectivity index (χ0v) is 16.3. The van der Waals surface area contributed by atoms with Gasteiger partial charge in [-0.2, -0.15) is 8.42 Å². The van der Waals surface area contributed by atoms with E-state index in [1.54, 1.807) is 12.1 Å². The first-order valence-corrected chi connectivity index (χ1v) is 10.6. The van der Waals surface area contributed by atoms with Crippen molar-refractivity contribution in [1.29, 1.82) is 0 Å². The molecule has 0 radical (unpaired) electrons. The number of rotatable bonds is 6. The van der Waals surface area contributed by atoms with Crippen LogP contribution in [0.1, 0.15) is 42.9 Å². The molecule has 7 nitrogen and oxygen atoms in total. The first-order chi connectivity index (χ1) is 13.3. The number of fused-ring (bicyclic) bond motifs is 2. The summed E-state index contributed by atoms with van der Waals surface area (Å²) in [7, 11) is -3.66. The lowest BCUT2D eigenvalue weighted by Crippen LogP contribution is -2.22. The van der Waals surface area contributed by atoms with Gasteiger partial charge in [-0.15, -0.1) is 0 Å². The highest BCUT2D eigenvalue weighted by Gasteiger charge is 2.34. The SMILES string of the molecule is CC[C@H](C[C@@H]1c2ccccc2Oc2ccc(F)cc2[C@H]1N=[N+]=[N-])OS(C)(=O)=O. The van der Waals surface area contributed by atoms with Crippen LogP contribution >= 0.6 is 0 Å². The van der Waals surface area contributed by atoms with Crippen LogP contribution in [-0.4, -0.2) is 20.8 Å². The summed E-state index contributed by atoms with van der Waals surface area (Å²) >= 11 is 0. The molecule has 0 aliphatic carbocycles. The third-order valence-electron chi connectivity index (χ3n) is 4.67. The molecule has 9 heteroatoms. The lowest BCUT2D eigenvalue weighted by Gasteiger charge is -2.26. The molecular formula is C19H20FN3O4S. The van der Waals surface area contributed by atoms with Crippen molar-refractivity contribution in [2.45, 2.75) is 37.8 Å². The van der Waals surface area contributed by atoms with Crippen LogP contribution in [0, 0.1) is 5.82 Å². The van der Waals surface area contributed by atoms with Crippen molar-refractivity contribution in [2.24, 2.45) is 5.11 Å². The second kappa shape index (κ2) is 8.18. The summed E-state index contributed by atoms with van der Waals surface area (Å²) in [5.41, 5.74) is 10.3. The number of ether oxygens (including phenoxy) is 1. The van der Waals surface area contributed by atoms with Gasteiger partial charge in [-0.1, -0.05) is 30.2 Å². The molecule has 0 aromatic heterocycles. The van der Waals surface area contributed by atoms with Gasteiger partial charge in [0.25, 0.3) is 10.1 Å². The van der Waals surface area contributed by atoms with Gasteiger partial charge in [-0.3, -0.25) is 4.18 Å². The minimum absolute atomic E-state index is 0.254. The summed E-state index contributed by atoms with van der Waals surface area (Å²) in [6, 6.07) is 10.5. The fourth-order valence-electron chi connectivity index (χ4n) is 3.49. The molecule has 0 fully saturated rings. The van der Waals surface area contributed by atoms with E-state index in [0.29, 0.717) is 23.5 Å². The molecule has 3 atom stereocenters. The molecule has 1 heterocycles. The Balaban J connectivity index is 2.14. The molecule has 28 heavy (non-hydrogen) atoms. The van der Waals surface area contributed by atoms with Gasteiger partial charge in [0.2, 0.25) is 0 Å². The van der Waals surface area contributed by atoms with E-state index in [2.05, 4.69) is 10.0 Å². The van der Waals surface area contributed by atoms with E-state index >= 15 is 0 Å². The van der Waals surface area contributed by atoms with Gasteiger partial charge in [0.15, 0.2) is 0 Å². The maximum atomic E-state index is 14.0. The lowest BCUT2D eigenvalue weighted by molar-refractivity contribution is 0.180. The Morgan fingerprint density at radius 2 is 1.96 bits per heavy atom. The van der Waals surface area contributed by atoms with Crippen molar-refractivity contribution in [1.82, 2.24) is 0 Å². The first-order valence-electron chi connectivity index (χ1n) is 8.81. The first kappa shape index (κ1) is 20.1. The van der Waals surface area contributed by atoms with Crippen LogP contribution in [0.2, 0.25) is 0 Å². The third-order valence-corrected chi connectivity index (χ3v) is 5.29. The van der Waals surface area contributed by atoms with Crippen LogP contribution in [0.5, 0.6) is 11.5 Å². The summed E-state index contributed by atoms with van der Waals surface area (Å²) in [5, 5.41) is 3.92. The predicted octanol–water partition coefficient (Wildman–Crippen LogP) is 5.21. The zero-order chi connectivity index (χ0) is 20.3. The molecule has 0 saturated carbocycles. The van der Waals surface area contributed by atoms with Gasteiger partial charge in [0.05, 0.1) is 18.4 Å². The van der Waals surface area contributed by atoms with E-state index in [0.717, 1.165) is 11.8 Å². The van der Waals surface area contributed by atoms with Gasteiger partial charge < -0.3 is 4.74 Å². The second-order valence-corrected chi connectivity index (χ2v) is 8.25. The van der Waals surface area contributed by atoms with Gasteiger partial charge in [0.1, 0.15) is 17.3 Å². The molecule has 148 valence electrons. The minimum Gasteiger partial charge on any atom is -0.457 e. The minimum atomic E-state index is -3.66. The van der Waals surface area contributed by atoms with E-state index in [-0.39, 0.29) is 6.42 Å². The molecule has 0 amide bonds. The summed E-state index contributed by atoms with van der Waals surface area (Å²) in [6.45, 7) is 1.81. The molecular weight excluding hydrogens is 385 g/mol. The topological polar surface area (TPSA) is 101 Å². The van der Waals surface area contributed by atoms with Crippen molar-refractivity contribution in [2.75, 3.05) is 6.26 Å². The summed E-state index contributed by atoms with van der Waals surface area (Å²) in [5.74, 6) is 0.00232. The Morgan fingerprint density at radius 1 is 1.25 bits per heavy atom. The number of hydrogen-bond acceptors (Lipinski definition) is 5. The largest absolute Gasteiger partial charge is 0.457 e. The molecule has 0 spiro atoms. The van der Waals surface area contributed by atoms with Crippen molar-refractivity contribution in [3.05, 3.63) is 69.9 Å². The van der Waals surface area contributed by atoms with Crippen molar-refractivity contribution in [3.8, 4) is 11.5 Å². The quantitative estimate of drug-likeness (QED) is 0.285. The van der Waals surface area contributed by atoms with E-state index in [4.69, 9.17) is 14.5 Å². The molecule has 2 aromatic carbocycles. The smallest absolute Gasteiger partial charge is 0.264 e. The lowest BCUT2D eigenvalue weighted by atomic mass is 9.83. The van der Waals surface area contributed by atoms with Crippen LogP contribution in [-0.2, 0) is 14.3 Å². The van der Waals surface area contributed by atoms with Gasteiger partial charge in [-0.05, 0) is 48.2 Å². The van der Waals surface area contributed by atoms with E-state index < -0.39 is 34.0 Å². The predicted molar refractivity (Wildman–Crippen MR) is 102 cm³/mol. The number of nitrogens with zero attached hydrogens (tertiary/aromatic N) is 3. The molecule has 0 bridgehead atoms. The second-order valence-electron chi connectivity index (χ2n) is 6.64. The number of benzene rings is 2. The van der Waals surface area contributed by atoms with Crippen LogP contribution in [0.15, 0.2) is 47.6 Å². The normalized spacial score (nSPS) is 19.4. The Kier molecular flexibility index (Phi) is 5.88. The number of azide groups is 1. The van der Waals surface area contributed by atoms with Crippen LogP contribution < -0.4 is 4.74 Å². The van der Waals surface area contributed by atoms with Gasteiger partial charge >= 0.3 is 0 Å². The average molecular weight is 405 g/mol. The van der Waals surface area contributed by atoms with E-state index in [1.807, 2.05) is 19.1 Å². The molecule has 3 rings (SSSR count). The van der Waals surface area contributed by atoms with Crippen molar-refractivity contribution >= 4 is 10.1 Å². The maximum Gasteiger partial charge on any atom is 0.264 e. The van der Waals surface area contributed by atoms with E-state index in [1.165, 1.54) is 18.2 Å². The summed E-state index contributed by atoms with van der Waals surface area (Å²) in [6.07, 6.45) is 1.06. The fraction of sp³-hybridized carbons (Fsp3) is 0.368. The van der Waals surface area contributed by atoms with Crippen molar-refractivity contribution in [3.63, 3.8) is 0 Å². The molecule has 1 aliphatic rings. The van der Waals surface area contributed by atoms with Crippen LogP contribution in [0.4, 0.5) is 4.39 Å². The maximum absolute atomic E-state index is 14.0. The molecule has 1 aliphatic heterocycles. The summed E-state index contributed by atoms with van der Waals surface area (Å²) < 4.78 is 48.4. The van der Waals surface area contributed by atoms with Crippen LogP contribution in [0.25, 0.3) is 10.4 Å².